The molecule has 2 aliphatic heterocycles. The lowest BCUT2D eigenvalue weighted by molar-refractivity contribution is -0.136. The van der Waals surface area contributed by atoms with Gasteiger partial charge in [-0.15, -0.1) is 11.8 Å². The summed E-state index contributed by atoms with van der Waals surface area (Å²) in [5.74, 6) is -1.99. The number of carbonyl (C=O) groups is 5. The molecule has 0 saturated carbocycles. The molecule has 3 rings (SSSR count). The van der Waals surface area contributed by atoms with Gasteiger partial charge in [-0.25, -0.2) is 0 Å². The fourth-order valence-electron chi connectivity index (χ4n) is 5.97. The Morgan fingerprint density at radius 2 is 1.69 bits per heavy atom. The van der Waals surface area contributed by atoms with Crippen LogP contribution in [0.4, 0.5) is 0 Å². The van der Waals surface area contributed by atoms with E-state index in [1.165, 1.54) is 11.8 Å². The first-order valence-electron chi connectivity index (χ1n) is 16.6. The maximum absolute atomic E-state index is 14.3. The highest BCUT2D eigenvalue weighted by atomic mass is 35.5. The number of nitrogens with two attached hydrogens (primary N) is 1. The molecule has 0 spiro atoms. The van der Waals surface area contributed by atoms with Gasteiger partial charge in [0, 0.05) is 26.2 Å². The zero-order valence-electron chi connectivity index (χ0n) is 28.5. The molecule has 0 radical (unpaired) electrons. The molecular weight excluding hydrogens is 677 g/mol. The van der Waals surface area contributed by atoms with Crippen molar-refractivity contribution in [1.82, 2.24) is 31.5 Å². The van der Waals surface area contributed by atoms with E-state index >= 15 is 0 Å². The molecule has 0 bridgehead atoms. The topological polar surface area (TPSA) is 175 Å². The highest BCUT2D eigenvalue weighted by Crippen LogP contribution is 2.30. The summed E-state index contributed by atoms with van der Waals surface area (Å²) in [5, 5.41) is 15.3. The third-order valence-corrected chi connectivity index (χ3v) is 9.59. The lowest BCUT2D eigenvalue weighted by atomic mass is 10.00. The molecule has 5 amide bonds. The number of rotatable bonds is 10. The average Bonchev–Trinajstić information content (AvgIpc) is 3.45. The minimum Gasteiger partial charge on any atom is -0.350 e. The zero-order chi connectivity index (χ0) is 35.6. The van der Waals surface area contributed by atoms with Crippen molar-refractivity contribution in [2.24, 2.45) is 11.7 Å². The van der Waals surface area contributed by atoms with Gasteiger partial charge in [0.05, 0.1) is 18.6 Å². The van der Waals surface area contributed by atoms with Crippen molar-refractivity contribution in [2.45, 2.75) is 114 Å². The molecule has 2 aliphatic rings. The molecular formula is C33H51Cl2N7O5S. The highest BCUT2D eigenvalue weighted by molar-refractivity contribution is 7.99. The summed E-state index contributed by atoms with van der Waals surface area (Å²) in [6, 6.07) is 0.739. The molecule has 15 heteroatoms. The SMILES string of the molecule is CC(C)C[C@H]1NC(=O)[C@@H]2CCCN2[C@H](C(=O)NC(C)(C)C)[C@H](CSc2cc(Cl)cc(Cl)c2)NC(=O)C(CCCCN)NC(=O)CNC1=O. The van der Waals surface area contributed by atoms with Crippen LogP contribution in [0.3, 0.4) is 0 Å². The van der Waals surface area contributed by atoms with E-state index in [0.717, 1.165) is 4.90 Å². The van der Waals surface area contributed by atoms with E-state index in [0.29, 0.717) is 61.7 Å². The van der Waals surface area contributed by atoms with Gasteiger partial charge in [0.25, 0.3) is 0 Å². The number of nitrogens with zero attached hydrogens (tertiary/aromatic N) is 1. The number of hydrogen-bond acceptors (Lipinski definition) is 8. The monoisotopic (exact) mass is 727 g/mol. The first-order valence-corrected chi connectivity index (χ1v) is 18.4. The van der Waals surface area contributed by atoms with Gasteiger partial charge in [0.1, 0.15) is 18.1 Å². The molecule has 5 atom stereocenters. The number of halogens is 2. The Morgan fingerprint density at radius 3 is 2.31 bits per heavy atom. The molecule has 2 heterocycles. The maximum atomic E-state index is 14.3. The molecule has 7 N–H and O–H groups in total. The lowest BCUT2D eigenvalue weighted by Gasteiger charge is -2.39. The highest BCUT2D eigenvalue weighted by Gasteiger charge is 2.45. The van der Waals surface area contributed by atoms with Crippen LogP contribution in [0, 0.1) is 5.92 Å². The normalized spacial score (nSPS) is 24.9. The third-order valence-electron chi connectivity index (χ3n) is 8.06. The van der Waals surface area contributed by atoms with E-state index in [9.17, 15) is 24.0 Å². The number of unbranched alkanes of at least 4 members (excludes halogenated alkanes) is 1. The fraction of sp³-hybridized carbons (Fsp3) is 0.667. The van der Waals surface area contributed by atoms with Gasteiger partial charge in [-0.2, -0.15) is 0 Å². The van der Waals surface area contributed by atoms with Gasteiger partial charge in [0.2, 0.25) is 29.5 Å². The van der Waals surface area contributed by atoms with E-state index in [1.807, 2.05) is 39.5 Å². The van der Waals surface area contributed by atoms with E-state index < -0.39 is 53.5 Å². The van der Waals surface area contributed by atoms with E-state index in [-0.39, 0.29) is 30.0 Å². The Kier molecular flexibility index (Phi) is 15.3. The number of amides is 5. The van der Waals surface area contributed by atoms with Crippen LogP contribution in [0.2, 0.25) is 10.0 Å². The van der Waals surface area contributed by atoms with Crippen LogP contribution in [0.1, 0.15) is 73.1 Å². The van der Waals surface area contributed by atoms with Crippen molar-refractivity contribution < 1.29 is 24.0 Å². The first-order chi connectivity index (χ1) is 22.6. The minimum absolute atomic E-state index is 0.0668. The molecule has 0 aliphatic carbocycles. The zero-order valence-corrected chi connectivity index (χ0v) is 30.8. The van der Waals surface area contributed by atoms with E-state index in [1.54, 1.807) is 18.2 Å². The minimum atomic E-state index is -0.975. The van der Waals surface area contributed by atoms with Crippen molar-refractivity contribution in [1.29, 1.82) is 0 Å². The van der Waals surface area contributed by atoms with Crippen LogP contribution in [-0.4, -0.2) is 95.6 Å². The Hall–Kier alpha value is -2.58. The van der Waals surface area contributed by atoms with Gasteiger partial charge in [-0.05, 0) is 96.5 Å². The number of fused-ring (bicyclic) bond motifs is 1. The quantitative estimate of drug-likeness (QED) is 0.158. The molecule has 2 fully saturated rings. The summed E-state index contributed by atoms with van der Waals surface area (Å²) in [7, 11) is 0. The van der Waals surface area contributed by atoms with E-state index in [4.69, 9.17) is 28.9 Å². The van der Waals surface area contributed by atoms with Gasteiger partial charge >= 0.3 is 0 Å². The Labute approximate surface area is 298 Å². The van der Waals surface area contributed by atoms with Crippen molar-refractivity contribution in [3.8, 4) is 0 Å². The Morgan fingerprint density at radius 1 is 1.00 bits per heavy atom. The van der Waals surface area contributed by atoms with Crippen LogP contribution in [0.15, 0.2) is 23.1 Å². The molecule has 12 nitrogen and oxygen atoms in total. The Bertz CT molecular complexity index is 1290. The molecule has 268 valence electrons. The number of thioether (sulfide) groups is 1. The smallest absolute Gasteiger partial charge is 0.243 e. The maximum Gasteiger partial charge on any atom is 0.243 e. The molecule has 2 saturated heterocycles. The number of benzene rings is 1. The molecule has 1 aromatic rings. The predicted molar refractivity (Wildman–Crippen MR) is 190 cm³/mol. The number of hydrogen-bond donors (Lipinski definition) is 6. The van der Waals surface area contributed by atoms with Crippen molar-refractivity contribution in [3.05, 3.63) is 28.2 Å². The predicted octanol–water partition coefficient (Wildman–Crippen LogP) is 2.59. The summed E-state index contributed by atoms with van der Waals surface area (Å²) in [4.78, 5) is 71.2. The second-order valence-corrected chi connectivity index (χ2v) is 15.9. The summed E-state index contributed by atoms with van der Waals surface area (Å²) < 4.78 is 0. The van der Waals surface area contributed by atoms with Gasteiger partial charge in [-0.1, -0.05) is 37.0 Å². The van der Waals surface area contributed by atoms with Crippen molar-refractivity contribution in [3.63, 3.8) is 0 Å². The van der Waals surface area contributed by atoms with E-state index in [2.05, 4.69) is 26.6 Å². The lowest BCUT2D eigenvalue weighted by Crippen LogP contribution is -2.65. The number of carbonyl (C=O) groups excluding carboxylic acids is 5. The van der Waals surface area contributed by atoms with Crippen LogP contribution in [0.5, 0.6) is 0 Å². The first kappa shape index (κ1) is 39.9. The van der Waals surface area contributed by atoms with Crippen molar-refractivity contribution in [2.75, 3.05) is 25.4 Å². The molecule has 48 heavy (non-hydrogen) atoms. The summed E-state index contributed by atoms with van der Waals surface area (Å²) in [5.41, 5.74) is 5.10. The molecule has 1 aromatic carbocycles. The summed E-state index contributed by atoms with van der Waals surface area (Å²) >= 11 is 13.9. The average molecular weight is 729 g/mol. The standard InChI is InChI=1S/C33H51Cl2N7O5S/c1-19(2)13-24-29(44)37-17-27(43)38-23(9-6-7-11-36)30(45)40-25(18-48-22-15-20(34)14-21(35)16-22)28(32(47)41-33(3,4)5)42-12-8-10-26(42)31(46)39-24/h14-16,19,23-26,28H,6-13,17-18,36H2,1-5H3,(H,37,44)(H,38,43)(H,39,46)(H,40,45)(H,41,47)/t23?,24-,25+,26+,28+/m1/s1. The third kappa shape index (κ3) is 12.4. The van der Waals surface area contributed by atoms with Gasteiger partial charge in [-0.3, -0.25) is 28.9 Å². The largest absolute Gasteiger partial charge is 0.350 e. The molecule has 0 aromatic heterocycles. The van der Waals surface area contributed by atoms with Crippen LogP contribution in [0.25, 0.3) is 0 Å². The van der Waals surface area contributed by atoms with Crippen LogP contribution < -0.4 is 32.3 Å². The van der Waals surface area contributed by atoms with Gasteiger partial charge in [0.15, 0.2) is 0 Å². The summed E-state index contributed by atoms with van der Waals surface area (Å²) in [6.45, 7) is 9.93. The second kappa shape index (κ2) is 18.4. The summed E-state index contributed by atoms with van der Waals surface area (Å²) in [6.07, 6.45) is 2.95. The van der Waals surface area contributed by atoms with Crippen LogP contribution >= 0.6 is 35.0 Å². The second-order valence-electron chi connectivity index (χ2n) is 13.9. The van der Waals surface area contributed by atoms with Crippen LogP contribution in [-0.2, 0) is 24.0 Å². The van der Waals surface area contributed by atoms with Crippen molar-refractivity contribution >= 4 is 64.5 Å². The van der Waals surface area contributed by atoms with Gasteiger partial charge < -0.3 is 32.3 Å². The molecule has 1 unspecified atom stereocenters. The Balaban J connectivity index is 2.12. The fourth-order valence-corrected chi connectivity index (χ4v) is 7.69. The number of nitrogens with one attached hydrogen (secondary N) is 5.